The SMILES string of the molecule is N#CCC1(N2CCC(N[C@@H]3CC3c3ccccc3)CC2)CN(C(=O)[C@H]2CCCO2)C1. The Bertz CT molecular complexity index is 787. The smallest absolute Gasteiger partial charge is 0.251 e. The molecule has 1 amide bonds. The van der Waals surface area contributed by atoms with Gasteiger partial charge in [0, 0.05) is 50.8 Å². The average Bonchev–Trinajstić information content (AvgIpc) is 3.29. The first-order valence-corrected chi connectivity index (χ1v) is 11.5. The molecule has 160 valence electrons. The number of benzene rings is 1. The summed E-state index contributed by atoms with van der Waals surface area (Å²) < 4.78 is 5.56. The fourth-order valence-corrected chi connectivity index (χ4v) is 5.64. The zero-order valence-corrected chi connectivity index (χ0v) is 17.6. The summed E-state index contributed by atoms with van der Waals surface area (Å²) in [5.74, 6) is 0.788. The fourth-order valence-electron chi connectivity index (χ4n) is 5.64. The molecule has 1 aromatic carbocycles. The molecule has 6 nitrogen and oxygen atoms in total. The maximum absolute atomic E-state index is 12.6. The Morgan fingerprint density at radius 3 is 2.63 bits per heavy atom. The van der Waals surface area contributed by atoms with E-state index in [0.29, 0.717) is 44.1 Å². The largest absolute Gasteiger partial charge is 0.368 e. The van der Waals surface area contributed by atoms with Gasteiger partial charge in [-0.05, 0) is 37.7 Å². The van der Waals surface area contributed by atoms with Crippen LogP contribution in [-0.4, -0.2) is 72.2 Å². The van der Waals surface area contributed by atoms with Crippen molar-refractivity contribution in [3.63, 3.8) is 0 Å². The van der Waals surface area contributed by atoms with Gasteiger partial charge in [0.2, 0.25) is 0 Å². The van der Waals surface area contributed by atoms with E-state index < -0.39 is 0 Å². The maximum atomic E-state index is 12.6. The van der Waals surface area contributed by atoms with Gasteiger partial charge in [-0.1, -0.05) is 30.3 Å². The number of carbonyl (C=O) groups excluding carboxylic acids is 1. The van der Waals surface area contributed by atoms with Gasteiger partial charge < -0.3 is 15.0 Å². The summed E-state index contributed by atoms with van der Waals surface area (Å²) in [7, 11) is 0. The third-order valence-corrected chi connectivity index (χ3v) is 7.53. The lowest BCUT2D eigenvalue weighted by atomic mass is 9.82. The van der Waals surface area contributed by atoms with Crippen molar-refractivity contribution in [3.8, 4) is 6.07 Å². The molecular formula is C24H32N4O2. The Kier molecular flexibility index (Phi) is 5.53. The predicted molar refractivity (Wildman–Crippen MR) is 114 cm³/mol. The molecule has 1 N–H and O–H groups in total. The summed E-state index contributed by atoms with van der Waals surface area (Å²) in [6.45, 7) is 4.06. The van der Waals surface area contributed by atoms with Crippen molar-refractivity contribution in [2.24, 2.45) is 0 Å². The van der Waals surface area contributed by atoms with Crippen LogP contribution in [0.1, 0.15) is 50.0 Å². The van der Waals surface area contributed by atoms with Gasteiger partial charge in [-0.2, -0.15) is 5.26 Å². The summed E-state index contributed by atoms with van der Waals surface area (Å²) >= 11 is 0. The van der Waals surface area contributed by atoms with E-state index in [-0.39, 0.29) is 17.6 Å². The average molecular weight is 409 g/mol. The zero-order chi connectivity index (χ0) is 20.6. The number of piperidine rings is 1. The number of nitrogens with one attached hydrogen (secondary N) is 1. The standard InChI is InChI=1S/C24H32N4O2/c25-11-10-24(16-27(17-24)23(29)22-7-4-14-30-22)28-12-8-19(9-13-28)26-21-15-20(21)18-5-2-1-3-6-18/h1-3,5-6,19-22,26H,4,7-10,12-17H2/t20?,21-,22-/m1/s1. The quantitative estimate of drug-likeness (QED) is 0.782. The van der Waals surface area contributed by atoms with Crippen molar-refractivity contribution in [1.82, 2.24) is 15.1 Å². The lowest BCUT2D eigenvalue weighted by Gasteiger charge is -2.56. The number of hydrogen-bond donors (Lipinski definition) is 1. The first-order valence-electron chi connectivity index (χ1n) is 11.5. The molecule has 1 saturated carbocycles. The molecule has 4 fully saturated rings. The number of likely N-dealkylation sites (tertiary alicyclic amines) is 2. The third kappa shape index (κ3) is 3.87. The van der Waals surface area contributed by atoms with Crippen LogP contribution >= 0.6 is 0 Å². The molecule has 0 aromatic heterocycles. The molecule has 30 heavy (non-hydrogen) atoms. The molecule has 6 heteroatoms. The molecule has 1 aliphatic carbocycles. The van der Waals surface area contributed by atoms with E-state index in [1.165, 1.54) is 12.0 Å². The Morgan fingerprint density at radius 2 is 1.97 bits per heavy atom. The van der Waals surface area contributed by atoms with Crippen LogP contribution in [0.4, 0.5) is 0 Å². The lowest BCUT2D eigenvalue weighted by Crippen LogP contribution is -2.73. The van der Waals surface area contributed by atoms with Gasteiger partial charge >= 0.3 is 0 Å². The highest BCUT2D eigenvalue weighted by atomic mass is 16.5. The Labute approximate surface area is 179 Å². The summed E-state index contributed by atoms with van der Waals surface area (Å²) in [5.41, 5.74) is 1.30. The number of ether oxygens (including phenoxy) is 1. The van der Waals surface area contributed by atoms with Gasteiger partial charge in [0.25, 0.3) is 5.91 Å². The monoisotopic (exact) mass is 408 g/mol. The van der Waals surface area contributed by atoms with Crippen molar-refractivity contribution in [3.05, 3.63) is 35.9 Å². The second-order valence-corrected chi connectivity index (χ2v) is 9.54. The topological polar surface area (TPSA) is 68.6 Å². The van der Waals surface area contributed by atoms with Crippen molar-refractivity contribution in [2.45, 2.75) is 68.2 Å². The van der Waals surface area contributed by atoms with Crippen LogP contribution in [0.5, 0.6) is 0 Å². The van der Waals surface area contributed by atoms with E-state index >= 15 is 0 Å². The van der Waals surface area contributed by atoms with Crippen molar-refractivity contribution in [2.75, 3.05) is 32.8 Å². The zero-order valence-electron chi connectivity index (χ0n) is 17.6. The maximum Gasteiger partial charge on any atom is 0.251 e. The summed E-state index contributed by atoms with van der Waals surface area (Å²) in [6, 6.07) is 14.4. The van der Waals surface area contributed by atoms with E-state index in [1.807, 2.05) is 4.90 Å². The van der Waals surface area contributed by atoms with Crippen LogP contribution < -0.4 is 5.32 Å². The van der Waals surface area contributed by atoms with Gasteiger partial charge in [-0.15, -0.1) is 0 Å². The number of nitriles is 1. The summed E-state index contributed by atoms with van der Waals surface area (Å²) in [4.78, 5) is 17.0. The van der Waals surface area contributed by atoms with Gasteiger partial charge in [0.1, 0.15) is 6.10 Å². The first-order chi connectivity index (χ1) is 14.7. The fraction of sp³-hybridized carbons (Fsp3) is 0.667. The third-order valence-electron chi connectivity index (χ3n) is 7.53. The molecule has 0 spiro atoms. The highest BCUT2D eigenvalue weighted by Gasteiger charge is 2.51. The highest BCUT2D eigenvalue weighted by Crippen LogP contribution is 2.42. The minimum atomic E-state index is -0.254. The van der Waals surface area contributed by atoms with Crippen LogP contribution in [0.3, 0.4) is 0 Å². The molecular weight excluding hydrogens is 376 g/mol. The number of nitrogens with zero attached hydrogens (tertiary/aromatic N) is 3. The lowest BCUT2D eigenvalue weighted by molar-refractivity contribution is -0.157. The minimum Gasteiger partial charge on any atom is -0.368 e. The molecule has 3 aliphatic heterocycles. The van der Waals surface area contributed by atoms with Crippen LogP contribution in [-0.2, 0) is 9.53 Å². The second-order valence-electron chi connectivity index (χ2n) is 9.54. The normalized spacial score (nSPS) is 31.2. The molecule has 3 atom stereocenters. The van der Waals surface area contributed by atoms with Crippen molar-refractivity contribution in [1.29, 1.82) is 5.26 Å². The predicted octanol–water partition coefficient (Wildman–Crippen LogP) is 2.27. The Hall–Kier alpha value is -1.94. The van der Waals surface area contributed by atoms with Crippen LogP contribution in [0.25, 0.3) is 0 Å². The molecule has 4 aliphatic rings. The molecule has 5 rings (SSSR count). The number of rotatable bonds is 6. The van der Waals surface area contributed by atoms with Crippen LogP contribution in [0.15, 0.2) is 30.3 Å². The number of carbonyl (C=O) groups is 1. The highest BCUT2D eigenvalue weighted by molar-refractivity contribution is 5.82. The van der Waals surface area contributed by atoms with Gasteiger partial charge in [-0.25, -0.2) is 0 Å². The molecule has 0 bridgehead atoms. The Balaban J connectivity index is 1.11. The van der Waals surface area contributed by atoms with E-state index in [2.05, 4.69) is 46.6 Å². The van der Waals surface area contributed by atoms with Crippen molar-refractivity contribution >= 4 is 5.91 Å². The van der Waals surface area contributed by atoms with Gasteiger partial charge in [0.05, 0.1) is 18.0 Å². The number of hydrogen-bond acceptors (Lipinski definition) is 5. The van der Waals surface area contributed by atoms with Crippen molar-refractivity contribution < 1.29 is 9.53 Å². The molecule has 1 unspecified atom stereocenters. The van der Waals surface area contributed by atoms with Crippen LogP contribution in [0.2, 0.25) is 0 Å². The summed E-state index contributed by atoms with van der Waals surface area (Å²) in [5, 5.41) is 13.3. The Morgan fingerprint density at radius 1 is 1.20 bits per heavy atom. The van der Waals surface area contributed by atoms with Crippen LogP contribution in [0, 0.1) is 11.3 Å². The van der Waals surface area contributed by atoms with E-state index in [0.717, 1.165) is 38.8 Å². The molecule has 1 aromatic rings. The molecule has 0 radical (unpaired) electrons. The number of amides is 1. The second kappa shape index (κ2) is 8.30. The minimum absolute atomic E-state index is 0.123. The van der Waals surface area contributed by atoms with E-state index in [4.69, 9.17) is 4.74 Å². The molecule has 3 saturated heterocycles. The molecule has 3 heterocycles. The van der Waals surface area contributed by atoms with E-state index in [1.54, 1.807) is 0 Å². The van der Waals surface area contributed by atoms with Gasteiger partial charge in [-0.3, -0.25) is 9.69 Å². The first kappa shape index (κ1) is 20.0. The van der Waals surface area contributed by atoms with Gasteiger partial charge in [0.15, 0.2) is 0 Å². The summed E-state index contributed by atoms with van der Waals surface area (Å²) in [6.07, 6.45) is 5.52. The van der Waals surface area contributed by atoms with E-state index in [9.17, 15) is 10.1 Å².